The van der Waals surface area contributed by atoms with E-state index in [2.05, 4.69) is 6.92 Å². The Labute approximate surface area is 55.7 Å². The van der Waals surface area contributed by atoms with Crippen LogP contribution < -0.4 is 0 Å². The molecule has 1 nitrogen and oxygen atoms in total. The monoisotopic (exact) mass is 124 g/mol. The lowest BCUT2D eigenvalue weighted by atomic mass is 9.96. The third-order valence-electron chi connectivity index (χ3n) is 1.65. The maximum absolute atomic E-state index is 9.09. The van der Waals surface area contributed by atoms with E-state index >= 15 is 0 Å². The number of hydrogen-bond acceptors (Lipinski definition) is 1. The van der Waals surface area contributed by atoms with Crippen LogP contribution in [0, 0.1) is 5.92 Å². The van der Waals surface area contributed by atoms with Crippen LogP contribution in [0.3, 0.4) is 0 Å². The standard InChI is InChI=1S/C8H12O/c1-6-3-4-8(9)7(2)5-6/h3-4,6,9H,5H2,1-2H3/t6-/m0/s1. The van der Waals surface area contributed by atoms with Crippen LogP contribution in [-0.2, 0) is 0 Å². The summed E-state index contributed by atoms with van der Waals surface area (Å²) in [6.07, 6.45) is 4.81. The molecule has 0 saturated heterocycles. The fraction of sp³-hybridized carbons (Fsp3) is 0.500. The van der Waals surface area contributed by atoms with E-state index in [1.165, 1.54) is 0 Å². The van der Waals surface area contributed by atoms with E-state index in [4.69, 9.17) is 5.11 Å². The summed E-state index contributed by atoms with van der Waals surface area (Å²) in [5.41, 5.74) is 1.10. The van der Waals surface area contributed by atoms with Gasteiger partial charge in [0.25, 0.3) is 0 Å². The molecule has 9 heavy (non-hydrogen) atoms. The van der Waals surface area contributed by atoms with E-state index in [0.717, 1.165) is 12.0 Å². The molecule has 0 aromatic rings. The highest BCUT2D eigenvalue weighted by molar-refractivity contribution is 5.23. The third-order valence-corrected chi connectivity index (χ3v) is 1.65. The van der Waals surface area contributed by atoms with Crippen LogP contribution in [0.1, 0.15) is 20.3 Å². The highest BCUT2D eigenvalue weighted by atomic mass is 16.3. The largest absolute Gasteiger partial charge is 0.508 e. The van der Waals surface area contributed by atoms with Gasteiger partial charge in [-0.15, -0.1) is 0 Å². The minimum Gasteiger partial charge on any atom is -0.508 e. The molecule has 0 fully saturated rings. The van der Waals surface area contributed by atoms with Crippen LogP contribution in [0.15, 0.2) is 23.5 Å². The molecule has 0 heterocycles. The normalized spacial score (nSPS) is 27.1. The maximum Gasteiger partial charge on any atom is 0.114 e. The summed E-state index contributed by atoms with van der Waals surface area (Å²) in [7, 11) is 0. The zero-order chi connectivity index (χ0) is 6.85. The molecule has 0 aliphatic heterocycles. The minimum atomic E-state index is 0.452. The molecule has 0 bridgehead atoms. The van der Waals surface area contributed by atoms with Gasteiger partial charge in [-0.3, -0.25) is 0 Å². The second-order valence-electron chi connectivity index (χ2n) is 2.71. The lowest BCUT2D eigenvalue weighted by molar-refractivity contribution is 0.414. The predicted octanol–water partition coefficient (Wildman–Crippen LogP) is 2.41. The first-order chi connectivity index (χ1) is 4.20. The smallest absolute Gasteiger partial charge is 0.114 e. The zero-order valence-corrected chi connectivity index (χ0v) is 5.89. The third kappa shape index (κ3) is 1.35. The second-order valence-corrected chi connectivity index (χ2v) is 2.71. The van der Waals surface area contributed by atoms with Gasteiger partial charge in [-0.1, -0.05) is 13.0 Å². The molecule has 1 aliphatic rings. The number of hydrogen-bond donors (Lipinski definition) is 1. The minimum absolute atomic E-state index is 0.452. The zero-order valence-electron chi connectivity index (χ0n) is 5.89. The highest BCUT2D eigenvalue weighted by Crippen LogP contribution is 2.20. The van der Waals surface area contributed by atoms with E-state index in [1.54, 1.807) is 6.08 Å². The molecule has 1 heteroatoms. The molecule has 0 aromatic heterocycles. The fourth-order valence-electron chi connectivity index (χ4n) is 1.05. The summed E-state index contributed by atoms with van der Waals surface area (Å²) < 4.78 is 0. The van der Waals surface area contributed by atoms with Crippen LogP contribution in [0.2, 0.25) is 0 Å². The summed E-state index contributed by atoms with van der Waals surface area (Å²) in [4.78, 5) is 0. The molecular formula is C8H12O. The Morgan fingerprint density at radius 1 is 1.67 bits per heavy atom. The first kappa shape index (κ1) is 6.40. The first-order valence-corrected chi connectivity index (χ1v) is 3.27. The molecule has 1 atom stereocenters. The van der Waals surface area contributed by atoms with Crippen LogP contribution >= 0.6 is 0 Å². The van der Waals surface area contributed by atoms with Gasteiger partial charge in [0.1, 0.15) is 5.76 Å². The molecule has 0 unspecified atom stereocenters. The summed E-state index contributed by atoms with van der Waals surface area (Å²) in [5, 5.41) is 9.09. The SMILES string of the molecule is CC1=C(O)C=C[C@H](C)C1. The van der Waals surface area contributed by atoms with Crippen molar-refractivity contribution in [2.24, 2.45) is 5.92 Å². The van der Waals surface area contributed by atoms with E-state index in [-0.39, 0.29) is 0 Å². The van der Waals surface area contributed by atoms with E-state index in [9.17, 15) is 0 Å². The van der Waals surface area contributed by atoms with Crippen molar-refractivity contribution in [1.82, 2.24) is 0 Å². The molecule has 0 spiro atoms. The maximum atomic E-state index is 9.09. The lowest BCUT2D eigenvalue weighted by Gasteiger charge is -2.12. The van der Waals surface area contributed by atoms with Crippen LogP contribution in [-0.4, -0.2) is 5.11 Å². The Kier molecular flexibility index (Phi) is 1.60. The summed E-state index contributed by atoms with van der Waals surface area (Å²) >= 11 is 0. The van der Waals surface area contributed by atoms with Crippen molar-refractivity contribution in [3.05, 3.63) is 23.5 Å². The van der Waals surface area contributed by atoms with Crippen molar-refractivity contribution in [1.29, 1.82) is 0 Å². The molecule has 1 N–H and O–H groups in total. The Morgan fingerprint density at radius 3 is 2.78 bits per heavy atom. The number of allylic oxidation sites excluding steroid dienone is 3. The van der Waals surface area contributed by atoms with Crippen molar-refractivity contribution in [2.45, 2.75) is 20.3 Å². The average molecular weight is 124 g/mol. The molecular weight excluding hydrogens is 112 g/mol. The van der Waals surface area contributed by atoms with Gasteiger partial charge in [0, 0.05) is 0 Å². The van der Waals surface area contributed by atoms with Gasteiger partial charge in [-0.2, -0.15) is 0 Å². The number of aliphatic hydroxyl groups excluding tert-OH is 1. The lowest BCUT2D eigenvalue weighted by Crippen LogP contribution is -1.98. The molecule has 0 saturated carbocycles. The molecule has 1 rings (SSSR count). The van der Waals surface area contributed by atoms with Gasteiger partial charge in [-0.25, -0.2) is 0 Å². The number of aliphatic hydroxyl groups is 1. The topological polar surface area (TPSA) is 20.2 Å². The average Bonchev–Trinajstić information content (AvgIpc) is 1.80. The summed E-state index contributed by atoms with van der Waals surface area (Å²) in [6.45, 7) is 4.11. The van der Waals surface area contributed by atoms with Crippen LogP contribution in [0.5, 0.6) is 0 Å². The van der Waals surface area contributed by atoms with Crippen molar-refractivity contribution < 1.29 is 5.11 Å². The van der Waals surface area contributed by atoms with E-state index in [1.807, 2.05) is 13.0 Å². The Hall–Kier alpha value is -0.720. The second kappa shape index (κ2) is 2.26. The van der Waals surface area contributed by atoms with Gasteiger partial charge >= 0.3 is 0 Å². The molecule has 1 aliphatic carbocycles. The van der Waals surface area contributed by atoms with Gasteiger partial charge < -0.3 is 5.11 Å². The van der Waals surface area contributed by atoms with Gasteiger partial charge in [-0.05, 0) is 30.9 Å². The van der Waals surface area contributed by atoms with Crippen LogP contribution in [0.25, 0.3) is 0 Å². The summed E-state index contributed by atoms with van der Waals surface area (Å²) in [5.74, 6) is 1.05. The van der Waals surface area contributed by atoms with E-state index < -0.39 is 0 Å². The van der Waals surface area contributed by atoms with Crippen molar-refractivity contribution in [3.63, 3.8) is 0 Å². The van der Waals surface area contributed by atoms with Gasteiger partial charge in [0.15, 0.2) is 0 Å². The highest BCUT2D eigenvalue weighted by Gasteiger charge is 2.06. The quantitative estimate of drug-likeness (QED) is 0.525. The van der Waals surface area contributed by atoms with Crippen molar-refractivity contribution in [3.8, 4) is 0 Å². The van der Waals surface area contributed by atoms with Gasteiger partial charge in [0.2, 0.25) is 0 Å². The first-order valence-electron chi connectivity index (χ1n) is 3.27. The predicted molar refractivity (Wildman–Crippen MR) is 38.2 cm³/mol. The van der Waals surface area contributed by atoms with Crippen molar-refractivity contribution in [2.75, 3.05) is 0 Å². The molecule has 0 aromatic carbocycles. The molecule has 0 radical (unpaired) electrons. The Morgan fingerprint density at radius 2 is 2.33 bits per heavy atom. The summed E-state index contributed by atoms with van der Waals surface area (Å²) in [6, 6.07) is 0. The molecule has 0 amide bonds. The molecule has 50 valence electrons. The van der Waals surface area contributed by atoms with Crippen molar-refractivity contribution >= 4 is 0 Å². The number of rotatable bonds is 0. The van der Waals surface area contributed by atoms with E-state index in [0.29, 0.717) is 11.7 Å². The van der Waals surface area contributed by atoms with Crippen LogP contribution in [0.4, 0.5) is 0 Å². The Balaban J connectivity index is 2.75. The fourth-order valence-corrected chi connectivity index (χ4v) is 1.05. The Bertz CT molecular complexity index is 165. The van der Waals surface area contributed by atoms with Gasteiger partial charge in [0.05, 0.1) is 0 Å².